The Morgan fingerprint density at radius 2 is 1.80 bits per heavy atom. The minimum atomic E-state index is -1.41. The molecule has 0 saturated carbocycles. The topological polar surface area (TPSA) is 172 Å². The van der Waals surface area contributed by atoms with E-state index in [1.54, 1.807) is 30.3 Å². The van der Waals surface area contributed by atoms with Gasteiger partial charge in [-0.05, 0) is 43.0 Å². The van der Waals surface area contributed by atoms with Crippen LogP contribution in [-0.2, 0) is 25.5 Å². The molecule has 0 radical (unpaired) electrons. The number of methoxy groups -OCH3 is 1. The van der Waals surface area contributed by atoms with Crippen LogP contribution in [0.3, 0.4) is 0 Å². The first-order chi connectivity index (χ1) is 19.5. The molecular weight excluding hydrogens is 530 g/mol. The standard InChI is InChI=1S/C29H37N5O7/c1-16(2)11-12-21(33-28(38)23-15-19-20(32-23)9-6-10-24(19)40-5)27(37)34-22(14-18-8-7-13-31-26(18)36)25(29(39)30-4)41-17(3)35/h6-10,13,15-16,21-22,25,32H,11-12,14H2,1-5H3,(H,30,39)(H,31,36)(H,33,38)(H,34,37)/t21-,22-,25?/m0/s1. The smallest absolute Gasteiger partial charge is 0.303 e. The molecule has 1 aromatic carbocycles. The van der Waals surface area contributed by atoms with Crippen LogP contribution < -0.4 is 20.7 Å². The van der Waals surface area contributed by atoms with Gasteiger partial charge in [0.25, 0.3) is 11.8 Å². The summed E-state index contributed by atoms with van der Waals surface area (Å²) in [5.74, 6) is -1.92. The lowest BCUT2D eigenvalue weighted by molar-refractivity contribution is -0.156. The van der Waals surface area contributed by atoms with E-state index in [0.29, 0.717) is 29.7 Å². The Morgan fingerprint density at radius 3 is 2.44 bits per heavy atom. The van der Waals surface area contributed by atoms with Crippen molar-refractivity contribution in [2.75, 3.05) is 14.2 Å². The molecule has 2 heterocycles. The third kappa shape index (κ3) is 8.19. The lowest BCUT2D eigenvalue weighted by Gasteiger charge is -2.29. The lowest BCUT2D eigenvalue weighted by atomic mass is 9.98. The second-order valence-electron chi connectivity index (χ2n) is 10.1. The molecule has 0 aliphatic rings. The molecule has 3 rings (SSSR count). The number of aromatic amines is 1. The molecule has 3 aromatic rings. The number of ether oxygens (including phenoxy) is 2. The molecule has 0 aliphatic heterocycles. The number of benzene rings is 1. The number of fused-ring (bicyclic) bond motifs is 1. The van der Waals surface area contributed by atoms with Crippen molar-refractivity contribution in [1.82, 2.24) is 25.9 Å². The van der Waals surface area contributed by atoms with Crippen LogP contribution in [0, 0.1) is 5.92 Å². The maximum absolute atomic E-state index is 13.7. The number of rotatable bonds is 13. The van der Waals surface area contributed by atoms with Gasteiger partial charge in [-0.3, -0.25) is 19.2 Å². The molecule has 3 amide bonds. The predicted molar refractivity (Wildman–Crippen MR) is 151 cm³/mol. The predicted octanol–water partition coefficient (Wildman–Crippen LogP) is 2.22. The number of nitrogens with zero attached hydrogens (tertiary/aromatic N) is 1. The first-order valence-corrected chi connectivity index (χ1v) is 13.3. The summed E-state index contributed by atoms with van der Waals surface area (Å²) < 4.78 is 10.7. The molecule has 1 unspecified atom stereocenters. The minimum Gasteiger partial charge on any atom is -0.496 e. The van der Waals surface area contributed by atoms with Crippen LogP contribution in [0.25, 0.3) is 10.9 Å². The maximum Gasteiger partial charge on any atom is 0.303 e. The molecule has 41 heavy (non-hydrogen) atoms. The minimum absolute atomic E-state index is 0.0799. The third-order valence-electron chi connectivity index (χ3n) is 6.54. The lowest BCUT2D eigenvalue weighted by Crippen LogP contribution is -2.57. The van der Waals surface area contributed by atoms with E-state index in [-0.39, 0.29) is 23.9 Å². The van der Waals surface area contributed by atoms with Crippen LogP contribution in [0.15, 0.2) is 42.6 Å². The van der Waals surface area contributed by atoms with Crippen molar-refractivity contribution in [3.63, 3.8) is 0 Å². The maximum atomic E-state index is 13.7. The SMILES string of the molecule is CNC(=O)C(OC(C)=O)[C@H](Cc1cccnc1O)NC(=O)[C@H](CCC(C)C)NC(=O)c1cc2c(OC)cccc2[nH]1. The van der Waals surface area contributed by atoms with Crippen molar-refractivity contribution in [2.45, 2.75) is 58.2 Å². The van der Waals surface area contributed by atoms with E-state index < -0.39 is 41.9 Å². The number of esters is 1. The van der Waals surface area contributed by atoms with Crippen molar-refractivity contribution in [3.05, 3.63) is 53.9 Å². The van der Waals surface area contributed by atoms with Gasteiger partial charge < -0.3 is 35.5 Å². The molecule has 12 heteroatoms. The zero-order valence-corrected chi connectivity index (χ0v) is 23.8. The van der Waals surface area contributed by atoms with Crippen LogP contribution in [0.4, 0.5) is 0 Å². The highest BCUT2D eigenvalue weighted by molar-refractivity contribution is 6.01. The number of hydrogen-bond donors (Lipinski definition) is 5. The molecule has 5 N–H and O–H groups in total. The fourth-order valence-electron chi connectivity index (χ4n) is 4.42. The van der Waals surface area contributed by atoms with E-state index in [1.165, 1.54) is 20.4 Å². The highest BCUT2D eigenvalue weighted by Crippen LogP contribution is 2.26. The summed E-state index contributed by atoms with van der Waals surface area (Å²) >= 11 is 0. The zero-order valence-electron chi connectivity index (χ0n) is 23.8. The van der Waals surface area contributed by atoms with Gasteiger partial charge in [-0.2, -0.15) is 0 Å². The van der Waals surface area contributed by atoms with Gasteiger partial charge in [0.15, 0.2) is 6.10 Å². The number of amides is 3. The number of hydrogen-bond acceptors (Lipinski definition) is 8. The van der Waals surface area contributed by atoms with Crippen LogP contribution in [-0.4, -0.2) is 71.1 Å². The summed E-state index contributed by atoms with van der Waals surface area (Å²) in [5.41, 5.74) is 1.27. The van der Waals surface area contributed by atoms with Gasteiger partial charge in [0.2, 0.25) is 11.8 Å². The number of carbonyl (C=O) groups is 4. The average molecular weight is 568 g/mol. The van der Waals surface area contributed by atoms with Gasteiger partial charge >= 0.3 is 5.97 Å². The Morgan fingerprint density at radius 1 is 1.05 bits per heavy atom. The molecule has 0 saturated heterocycles. The average Bonchev–Trinajstić information content (AvgIpc) is 3.39. The van der Waals surface area contributed by atoms with E-state index in [4.69, 9.17) is 9.47 Å². The normalized spacial score (nSPS) is 13.2. The molecule has 0 spiro atoms. The number of pyridine rings is 1. The number of nitrogens with one attached hydrogen (secondary N) is 4. The number of H-pyrrole nitrogens is 1. The van der Waals surface area contributed by atoms with Gasteiger partial charge in [-0.25, -0.2) is 4.98 Å². The Balaban J connectivity index is 1.90. The third-order valence-corrected chi connectivity index (χ3v) is 6.54. The largest absolute Gasteiger partial charge is 0.496 e. The fraction of sp³-hybridized carbons (Fsp3) is 0.414. The van der Waals surface area contributed by atoms with Crippen molar-refractivity contribution in [2.24, 2.45) is 5.92 Å². The molecule has 2 aromatic heterocycles. The summed E-state index contributed by atoms with van der Waals surface area (Å²) in [6, 6.07) is 8.14. The number of aromatic nitrogens is 2. The van der Waals surface area contributed by atoms with Gasteiger partial charge in [-0.15, -0.1) is 0 Å². The Hall–Kier alpha value is -4.61. The van der Waals surface area contributed by atoms with Crippen molar-refractivity contribution in [3.8, 4) is 11.6 Å². The molecule has 0 fully saturated rings. The van der Waals surface area contributed by atoms with Crippen LogP contribution in [0.2, 0.25) is 0 Å². The van der Waals surface area contributed by atoms with E-state index in [9.17, 15) is 24.3 Å². The number of carbonyl (C=O) groups excluding carboxylic acids is 4. The van der Waals surface area contributed by atoms with Crippen LogP contribution >= 0.6 is 0 Å². The second kappa shape index (κ2) is 14.1. The van der Waals surface area contributed by atoms with E-state index in [2.05, 4.69) is 25.9 Å². The van der Waals surface area contributed by atoms with Crippen LogP contribution in [0.1, 0.15) is 49.7 Å². The van der Waals surface area contributed by atoms with Gasteiger partial charge in [0.05, 0.1) is 13.2 Å². The van der Waals surface area contributed by atoms with Gasteiger partial charge in [0.1, 0.15) is 17.5 Å². The zero-order chi connectivity index (χ0) is 30.1. The van der Waals surface area contributed by atoms with Gasteiger partial charge in [-0.1, -0.05) is 26.0 Å². The number of aromatic hydroxyl groups is 1. The Labute approximate surface area is 238 Å². The Bertz CT molecular complexity index is 1390. The van der Waals surface area contributed by atoms with Crippen LogP contribution in [0.5, 0.6) is 11.6 Å². The van der Waals surface area contributed by atoms with E-state index in [1.807, 2.05) is 19.9 Å². The molecule has 12 nitrogen and oxygen atoms in total. The van der Waals surface area contributed by atoms with Crippen molar-refractivity contribution in [1.29, 1.82) is 0 Å². The highest BCUT2D eigenvalue weighted by atomic mass is 16.5. The Kier molecular flexibility index (Phi) is 10.7. The highest BCUT2D eigenvalue weighted by Gasteiger charge is 2.35. The van der Waals surface area contributed by atoms with Crippen molar-refractivity contribution < 1.29 is 33.8 Å². The van der Waals surface area contributed by atoms with E-state index >= 15 is 0 Å². The molecule has 0 aliphatic carbocycles. The summed E-state index contributed by atoms with van der Waals surface area (Å²) in [7, 11) is 2.91. The van der Waals surface area contributed by atoms with Crippen molar-refractivity contribution >= 4 is 34.6 Å². The fourth-order valence-corrected chi connectivity index (χ4v) is 4.42. The number of likely N-dealkylation sites (N-methyl/N-ethyl adjacent to an activating group) is 1. The first-order valence-electron chi connectivity index (χ1n) is 13.3. The summed E-state index contributed by atoms with van der Waals surface area (Å²) in [4.78, 5) is 58.5. The second-order valence-corrected chi connectivity index (χ2v) is 10.1. The molecule has 220 valence electrons. The molecule has 0 bridgehead atoms. The summed E-state index contributed by atoms with van der Waals surface area (Å²) in [5, 5.41) is 19.0. The first kappa shape index (κ1) is 30.9. The summed E-state index contributed by atoms with van der Waals surface area (Å²) in [6.45, 7) is 5.14. The molecule has 3 atom stereocenters. The van der Waals surface area contributed by atoms with Gasteiger partial charge in [0, 0.05) is 43.1 Å². The molecular formula is C29H37N5O7. The summed E-state index contributed by atoms with van der Waals surface area (Å²) in [6.07, 6.45) is 0.830. The quantitative estimate of drug-likeness (QED) is 0.196. The van der Waals surface area contributed by atoms with E-state index in [0.717, 1.165) is 12.3 Å². The monoisotopic (exact) mass is 567 g/mol.